The molecule has 2 aliphatic heterocycles. The third-order valence-corrected chi connectivity index (χ3v) is 5.95. The van der Waals surface area contributed by atoms with Crippen molar-refractivity contribution >= 4 is 24.0 Å². The van der Waals surface area contributed by atoms with E-state index in [4.69, 9.17) is 9.47 Å². The van der Waals surface area contributed by atoms with Gasteiger partial charge in [-0.2, -0.15) is 0 Å². The number of rotatable bonds is 5. The summed E-state index contributed by atoms with van der Waals surface area (Å²) in [5.41, 5.74) is 2.16. The number of carbonyl (C=O) groups is 1. The summed E-state index contributed by atoms with van der Waals surface area (Å²) in [6.07, 6.45) is 5.57. The summed E-state index contributed by atoms with van der Waals surface area (Å²) in [6.45, 7) is 5.47. The van der Waals surface area contributed by atoms with E-state index < -0.39 is 0 Å². The van der Waals surface area contributed by atoms with Gasteiger partial charge in [0.15, 0.2) is 0 Å². The molecular formula is C20H29ClN2O3. The third-order valence-electron chi connectivity index (χ3n) is 5.95. The van der Waals surface area contributed by atoms with Crippen molar-refractivity contribution in [2.24, 2.45) is 11.3 Å². The summed E-state index contributed by atoms with van der Waals surface area (Å²) in [5, 5.41) is 6.51. The number of benzene rings is 1. The number of aryl methyl sites for hydroxylation is 1. The van der Waals surface area contributed by atoms with Gasteiger partial charge in [-0.1, -0.05) is 6.07 Å². The Bertz CT molecular complexity index is 640. The molecular weight excluding hydrogens is 352 g/mol. The maximum Gasteiger partial charge on any atom is 0.228 e. The van der Waals surface area contributed by atoms with E-state index in [1.165, 1.54) is 0 Å². The molecule has 0 radical (unpaired) electrons. The zero-order chi connectivity index (χ0) is 17.3. The van der Waals surface area contributed by atoms with Gasteiger partial charge < -0.3 is 20.1 Å². The van der Waals surface area contributed by atoms with E-state index in [0.717, 1.165) is 68.8 Å². The molecule has 1 spiro atoms. The number of hydrogen-bond acceptors (Lipinski definition) is 4. The molecule has 3 aliphatic rings. The number of piperidine rings is 1. The Labute approximate surface area is 161 Å². The highest BCUT2D eigenvalue weighted by Gasteiger charge is 2.57. The molecule has 1 aliphatic carbocycles. The second-order valence-corrected chi connectivity index (χ2v) is 7.80. The van der Waals surface area contributed by atoms with Gasteiger partial charge in [0.25, 0.3) is 0 Å². The maximum atomic E-state index is 12.7. The van der Waals surface area contributed by atoms with Gasteiger partial charge in [-0.15, -0.1) is 12.4 Å². The SMILES string of the molecule is Cc1ccc(NC(=O)C2CC23CCNCC3)c(OCC2CCCO2)c1.Cl. The lowest BCUT2D eigenvalue weighted by molar-refractivity contribution is -0.118. The highest BCUT2D eigenvalue weighted by molar-refractivity contribution is 5.96. The van der Waals surface area contributed by atoms with Crippen LogP contribution in [0.25, 0.3) is 0 Å². The Kier molecular flexibility index (Phi) is 6.10. The van der Waals surface area contributed by atoms with Crippen LogP contribution in [0.2, 0.25) is 0 Å². The average molecular weight is 381 g/mol. The van der Waals surface area contributed by atoms with Crippen LogP contribution in [-0.4, -0.2) is 38.3 Å². The van der Waals surface area contributed by atoms with Gasteiger partial charge in [0, 0.05) is 12.5 Å². The Hall–Kier alpha value is -1.30. The Morgan fingerprint density at radius 3 is 2.92 bits per heavy atom. The minimum Gasteiger partial charge on any atom is -0.489 e. The normalized spacial score (nSPS) is 26.2. The Morgan fingerprint density at radius 1 is 1.38 bits per heavy atom. The summed E-state index contributed by atoms with van der Waals surface area (Å²) < 4.78 is 11.6. The molecule has 5 nitrogen and oxygen atoms in total. The number of halogens is 1. The van der Waals surface area contributed by atoms with Crippen LogP contribution in [0.15, 0.2) is 18.2 Å². The number of nitrogens with one attached hydrogen (secondary N) is 2. The fourth-order valence-electron chi connectivity index (χ4n) is 4.23. The van der Waals surface area contributed by atoms with Gasteiger partial charge in [0.1, 0.15) is 12.4 Å². The van der Waals surface area contributed by atoms with Crippen molar-refractivity contribution in [3.63, 3.8) is 0 Å². The molecule has 26 heavy (non-hydrogen) atoms. The monoisotopic (exact) mass is 380 g/mol. The lowest BCUT2D eigenvalue weighted by atomic mass is 9.92. The topological polar surface area (TPSA) is 59.6 Å². The lowest BCUT2D eigenvalue weighted by Gasteiger charge is -2.23. The van der Waals surface area contributed by atoms with Crippen molar-refractivity contribution < 1.29 is 14.3 Å². The minimum atomic E-state index is 0. The van der Waals surface area contributed by atoms with Crippen LogP contribution in [-0.2, 0) is 9.53 Å². The Morgan fingerprint density at radius 2 is 2.19 bits per heavy atom. The van der Waals surface area contributed by atoms with Gasteiger partial charge in [-0.25, -0.2) is 0 Å². The lowest BCUT2D eigenvalue weighted by Crippen LogP contribution is -2.31. The van der Waals surface area contributed by atoms with Gasteiger partial charge in [-0.05, 0) is 75.2 Å². The summed E-state index contributed by atoms with van der Waals surface area (Å²) in [6, 6.07) is 5.97. The van der Waals surface area contributed by atoms with Crippen molar-refractivity contribution in [3.05, 3.63) is 23.8 Å². The van der Waals surface area contributed by atoms with Crippen molar-refractivity contribution in [3.8, 4) is 5.75 Å². The predicted octanol–water partition coefficient (Wildman–Crippen LogP) is 3.30. The first-order valence-electron chi connectivity index (χ1n) is 9.53. The molecule has 3 fully saturated rings. The smallest absolute Gasteiger partial charge is 0.228 e. The van der Waals surface area contributed by atoms with Crippen LogP contribution in [0.1, 0.15) is 37.7 Å². The largest absolute Gasteiger partial charge is 0.489 e. The molecule has 2 heterocycles. The van der Waals surface area contributed by atoms with Crippen molar-refractivity contribution in [2.45, 2.75) is 45.1 Å². The Balaban J connectivity index is 0.00000196. The van der Waals surface area contributed by atoms with E-state index in [0.29, 0.717) is 6.61 Å². The van der Waals surface area contributed by atoms with E-state index >= 15 is 0 Å². The summed E-state index contributed by atoms with van der Waals surface area (Å²) in [4.78, 5) is 12.7. The summed E-state index contributed by atoms with van der Waals surface area (Å²) >= 11 is 0. The van der Waals surface area contributed by atoms with E-state index in [2.05, 4.69) is 10.6 Å². The van der Waals surface area contributed by atoms with Gasteiger partial charge >= 0.3 is 0 Å². The molecule has 0 bridgehead atoms. The zero-order valence-corrected chi connectivity index (χ0v) is 16.2. The van der Waals surface area contributed by atoms with E-state index in [-0.39, 0.29) is 35.8 Å². The van der Waals surface area contributed by atoms with Gasteiger partial charge in [0.05, 0.1) is 11.8 Å². The first kappa shape index (κ1) is 19.5. The van der Waals surface area contributed by atoms with Crippen molar-refractivity contribution in [2.75, 3.05) is 31.6 Å². The van der Waals surface area contributed by atoms with Crippen LogP contribution < -0.4 is 15.4 Å². The number of amides is 1. The predicted molar refractivity (Wildman–Crippen MR) is 104 cm³/mol. The molecule has 2 saturated heterocycles. The minimum absolute atomic E-state index is 0. The number of hydrogen-bond donors (Lipinski definition) is 2. The molecule has 1 saturated carbocycles. The quantitative estimate of drug-likeness (QED) is 0.822. The fourth-order valence-corrected chi connectivity index (χ4v) is 4.23. The molecule has 6 heteroatoms. The summed E-state index contributed by atoms with van der Waals surface area (Å²) in [5.74, 6) is 1.05. The molecule has 0 aromatic heterocycles. The zero-order valence-electron chi connectivity index (χ0n) is 15.4. The first-order valence-corrected chi connectivity index (χ1v) is 9.53. The van der Waals surface area contributed by atoms with Crippen molar-refractivity contribution in [1.29, 1.82) is 0 Å². The molecule has 2 N–H and O–H groups in total. The molecule has 144 valence electrons. The van der Waals surface area contributed by atoms with Crippen LogP contribution in [0.3, 0.4) is 0 Å². The highest BCUT2D eigenvalue weighted by Crippen LogP contribution is 2.58. The van der Waals surface area contributed by atoms with Crippen LogP contribution >= 0.6 is 12.4 Å². The second kappa shape index (κ2) is 8.15. The third kappa shape index (κ3) is 4.16. The standard InChI is InChI=1S/C20H28N2O3.ClH/c1-14-4-5-17(18(11-14)25-13-15-3-2-10-24-15)22-19(23)16-12-20(16)6-8-21-9-7-20;/h4-5,11,15-16,21H,2-3,6-10,12-13H2,1H3,(H,22,23);1H. The molecule has 2 unspecified atom stereocenters. The molecule has 1 aromatic carbocycles. The van der Waals surface area contributed by atoms with Crippen molar-refractivity contribution in [1.82, 2.24) is 5.32 Å². The highest BCUT2D eigenvalue weighted by atomic mass is 35.5. The van der Waals surface area contributed by atoms with E-state index in [1.54, 1.807) is 0 Å². The van der Waals surface area contributed by atoms with Gasteiger partial charge in [-0.3, -0.25) is 4.79 Å². The molecule has 1 amide bonds. The van der Waals surface area contributed by atoms with Crippen LogP contribution in [0.4, 0.5) is 5.69 Å². The molecule has 2 atom stereocenters. The second-order valence-electron chi connectivity index (χ2n) is 7.80. The maximum absolute atomic E-state index is 12.7. The molecule has 1 aromatic rings. The van der Waals surface area contributed by atoms with Crippen LogP contribution in [0.5, 0.6) is 5.75 Å². The first-order chi connectivity index (χ1) is 12.2. The molecule has 4 rings (SSSR count). The van der Waals surface area contributed by atoms with E-state index in [1.807, 2.05) is 25.1 Å². The average Bonchev–Trinajstić information content (AvgIpc) is 3.06. The summed E-state index contributed by atoms with van der Waals surface area (Å²) in [7, 11) is 0. The van der Waals surface area contributed by atoms with Crippen LogP contribution in [0, 0.1) is 18.3 Å². The fraction of sp³-hybridized carbons (Fsp3) is 0.650. The van der Waals surface area contributed by atoms with E-state index in [9.17, 15) is 4.79 Å². The number of carbonyl (C=O) groups excluding carboxylic acids is 1. The van der Waals surface area contributed by atoms with Gasteiger partial charge in [0.2, 0.25) is 5.91 Å². The number of ether oxygens (including phenoxy) is 2. The number of anilines is 1.